The Morgan fingerprint density at radius 2 is 1.52 bits per heavy atom. The van der Waals surface area contributed by atoms with Crippen molar-refractivity contribution < 1.29 is 9.85 Å². The lowest BCUT2D eigenvalue weighted by Gasteiger charge is -2.11. The van der Waals surface area contributed by atoms with E-state index in [9.17, 15) is 20.2 Å². The maximum atomic E-state index is 11.3. The SMILES string of the molecule is CCCCCCCCSc1nnc(-c2cc([N+](=O)[O-])cc([N+](=O)[O-])c2)n1Cc1ccccc1. The van der Waals surface area contributed by atoms with Gasteiger partial charge < -0.3 is 0 Å². The number of nitrogens with zero attached hydrogens (tertiary/aromatic N) is 5. The summed E-state index contributed by atoms with van der Waals surface area (Å²) in [6.07, 6.45) is 7.16. The fraction of sp³-hybridized carbons (Fsp3) is 0.391. The van der Waals surface area contributed by atoms with Gasteiger partial charge in [0.25, 0.3) is 11.4 Å². The van der Waals surface area contributed by atoms with Crippen LogP contribution in [0.15, 0.2) is 53.7 Å². The highest BCUT2D eigenvalue weighted by Crippen LogP contribution is 2.31. The van der Waals surface area contributed by atoms with Crippen molar-refractivity contribution >= 4 is 23.1 Å². The van der Waals surface area contributed by atoms with Gasteiger partial charge in [0.2, 0.25) is 0 Å². The molecule has 174 valence electrons. The Labute approximate surface area is 196 Å². The number of hydrogen-bond acceptors (Lipinski definition) is 7. The van der Waals surface area contributed by atoms with E-state index in [0.717, 1.165) is 30.2 Å². The van der Waals surface area contributed by atoms with Gasteiger partial charge in [-0.15, -0.1) is 10.2 Å². The lowest BCUT2D eigenvalue weighted by molar-refractivity contribution is -0.394. The summed E-state index contributed by atoms with van der Waals surface area (Å²) in [5.41, 5.74) is 0.607. The van der Waals surface area contributed by atoms with E-state index in [1.54, 1.807) is 11.8 Å². The predicted octanol–water partition coefficient (Wildman–Crippen LogP) is 6.26. The van der Waals surface area contributed by atoms with E-state index in [1.165, 1.54) is 37.8 Å². The molecule has 0 fully saturated rings. The van der Waals surface area contributed by atoms with Crippen molar-refractivity contribution in [1.29, 1.82) is 0 Å². The van der Waals surface area contributed by atoms with E-state index in [4.69, 9.17) is 0 Å². The van der Waals surface area contributed by atoms with Crippen LogP contribution in [0, 0.1) is 20.2 Å². The molecule has 0 amide bonds. The second-order valence-electron chi connectivity index (χ2n) is 7.75. The van der Waals surface area contributed by atoms with Gasteiger partial charge in [-0.2, -0.15) is 0 Å². The topological polar surface area (TPSA) is 117 Å². The second-order valence-corrected chi connectivity index (χ2v) is 8.81. The van der Waals surface area contributed by atoms with Crippen molar-refractivity contribution in [3.63, 3.8) is 0 Å². The molecule has 0 N–H and O–H groups in total. The number of aromatic nitrogens is 3. The summed E-state index contributed by atoms with van der Waals surface area (Å²) < 4.78 is 1.87. The van der Waals surface area contributed by atoms with Gasteiger partial charge in [-0.3, -0.25) is 24.8 Å². The second kappa shape index (κ2) is 12.1. The standard InChI is InChI=1S/C23H27N5O4S/c1-2-3-4-5-6-10-13-33-23-25-24-22(26(23)17-18-11-8-7-9-12-18)19-14-20(27(29)30)16-21(15-19)28(31)32/h7-9,11-12,14-16H,2-6,10,13,17H2,1H3. The maximum absolute atomic E-state index is 11.3. The third-order valence-corrected chi connectivity index (χ3v) is 6.26. The Bertz CT molecular complexity index is 1060. The minimum absolute atomic E-state index is 0.297. The number of nitro groups is 2. The zero-order valence-corrected chi connectivity index (χ0v) is 19.4. The molecule has 0 aliphatic rings. The number of hydrogen-bond donors (Lipinski definition) is 0. The highest BCUT2D eigenvalue weighted by Gasteiger charge is 2.22. The third-order valence-electron chi connectivity index (χ3n) is 5.21. The molecule has 0 saturated carbocycles. The van der Waals surface area contributed by atoms with E-state index < -0.39 is 9.85 Å². The Balaban J connectivity index is 1.88. The van der Waals surface area contributed by atoms with E-state index in [-0.39, 0.29) is 11.4 Å². The minimum atomic E-state index is -0.636. The van der Waals surface area contributed by atoms with Crippen LogP contribution in [-0.2, 0) is 6.54 Å². The molecule has 0 spiro atoms. The number of thioether (sulfide) groups is 1. The van der Waals surface area contributed by atoms with Crippen molar-refractivity contribution in [3.05, 3.63) is 74.3 Å². The molecule has 3 rings (SSSR count). The van der Waals surface area contributed by atoms with Gasteiger partial charge in [-0.05, 0) is 12.0 Å². The van der Waals surface area contributed by atoms with E-state index in [2.05, 4.69) is 17.1 Å². The Hall–Kier alpha value is -3.27. The van der Waals surface area contributed by atoms with Gasteiger partial charge in [0, 0.05) is 23.4 Å². The number of nitro benzene ring substituents is 2. The molecule has 9 nitrogen and oxygen atoms in total. The number of unbranched alkanes of at least 4 members (excludes halogenated alkanes) is 5. The van der Waals surface area contributed by atoms with Crippen molar-refractivity contribution in [2.45, 2.75) is 57.1 Å². The van der Waals surface area contributed by atoms with Crippen LogP contribution in [-0.4, -0.2) is 30.4 Å². The van der Waals surface area contributed by atoms with E-state index in [1.807, 2.05) is 34.9 Å². The first-order chi connectivity index (χ1) is 16.0. The average molecular weight is 470 g/mol. The van der Waals surface area contributed by atoms with Crippen molar-refractivity contribution in [2.24, 2.45) is 0 Å². The van der Waals surface area contributed by atoms with Gasteiger partial charge in [0.05, 0.1) is 22.5 Å². The van der Waals surface area contributed by atoms with Crippen LogP contribution in [0.1, 0.15) is 51.0 Å². The van der Waals surface area contributed by atoms with E-state index >= 15 is 0 Å². The summed E-state index contributed by atoms with van der Waals surface area (Å²) in [6.45, 7) is 2.65. The molecule has 33 heavy (non-hydrogen) atoms. The normalized spacial score (nSPS) is 10.9. The quantitative estimate of drug-likeness (QED) is 0.125. The Kier molecular flexibility index (Phi) is 8.94. The molecule has 1 aromatic heterocycles. The number of rotatable bonds is 13. The van der Waals surface area contributed by atoms with Gasteiger partial charge in [-0.25, -0.2) is 0 Å². The minimum Gasteiger partial charge on any atom is -0.298 e. The van der Waals surface area contributed by atoms with Crippen LogP contribution >= 0.6 is 11.8 Å². The van der Waals surface area contributed by atoms with Gasteiger partial charge >= 0.3 is 0 Å². The first-order valence-electron chi connectivity index (χ1n) is 11.0. The molecule has 10 heteroatoms. The molecule has 0 radical (unpaired) electrons. The molecule has 1 heterocycles. The first-order valence-corrected chi connectivity index (χ1v) is 12.0. The predicted molar refractivity (Wildman–Crippen MR) is 128 cm³/mol. The molecule has 2 aromatic carbocycles. The summed E-state index contributed by atoms with van der Waals surface area (Å²) in [4.78, 5) is 21.4. The zero-order chi connectivity index (χ0) is 23.6. The van der Waals surface area contributed by atoms with Crippen LogP contribution in [0.4, 0.5) is 11.4 Å². The fourth-order valence-corrected chi connectivity index (χ4v) is 4.43. The lowest BCUT2D eigenvalue weighted by Crippen LogP contribution is -2.05. The van der Waals surface area contributed by atoms with Crippen molar-refractivity contribution in [1.82, 2.24) is 14.8 Å². The molecule has 0 saturated heterocycles. The summed E-state index contributed by atoms with van der Waals surface area (Å²) in [7, 11) is 0. The molecule has 0 atom stereocenters. The van der Waals surface area contributed by atoms with Crippen LogP contribution in [0.25, 0.3) is 11.4 Å². The molecular weight excluding hydrogens is 442 g/mol. The molecule has 3 aromatic rings. The smallest absolute Gasteiger partial charge is 0.277 e. The average Bonchev–Trinajstić information content (AvgIpc) is 3.21. The zero-order valence-electron chi connectivity index (χ0n) is 18.6. The van der Waals surface area contributed by atoms with Crippen molar-refractivity contribution in [2.75, 3.05) is 5.75 Å². The van der Waals surface area contributed by atoms with Crippen LogP contribution < -0.4 is 0 Å². The molecule has 0 aliphatic heterocycles. The maximum Gasteiger partial charge on any atom is 0.277 e. The van der Waals surface area contributed by atoms with Crippen molar-refractivity contribution in [3.8, 4) is 11.4 Å². The van der Waals surface area contributed by atoms with Crippen LogP contribution in [0.3, 0.4) is 0 Å². The van der Waals surface area contributed by atoms with E-state index in [0.29, 0.717) is 23.1 Å². The molecule has 0 unspecified atom stereocenters. The monoisotopic (exact) mass is 469 g/mol. The summed E-state index contributed by atoms with van der Waals surface area (Å²) >= 11 is 1.59. The molecule has 0 bridgehead atoms. The summed E-state index contributed by atoms with van der Waals surface area (Å²) in [5.74, 6) is 1.25. The van der Waals surface area contributed by atoms with Gasteiger partial charge in [0.1, 0.15) is 0 Å². The largest absolute Gasteiger partial charge is 0.298 e. The van der Waals surface area contributed by atoms with Gasteiger partial charge in [-0.1, -0.05) is 81.1 Å². The first kappa shape index (κ1) is 24.4. The molecular formula is C23H27N5O4S. The summed E-state index contributed by atoms with van der Waals surface area (Å²) in [6, 6.07) is 13.3. The summed E-state index contributed by atoms with van der Waals surface area (Å²) in [5, 5.41) is 32.0. The molecule has 0 aliphatic carbocycles. The highest BCUT2D eigenvalue weighted by atomic mass is 32.2. The number of benzene rings is 2. The van der Waals surface area contributed by atoms with Crippen LogP contribution in [0.2, 0.25) is 0 Å². The van der Waals surface area contributed by atoms with Gasteiger partial charge in [0.15, 0.2) is 11.0 Å². The fourth-order valence-electron chi connectivity index (χ4n) is 3.50. The Morgan fingerprint density at radius 3 is 2.15 bits per heavy atom. The third kappa shape index (κ3) is 6.85. The van der Waals surface area contributed by atoms with Crippen LogP contribution in [0.5, 0.6) is 0 Å². The Morgan fingerprint density at radius 1 is 0.879 bits per heavy atom. The number of non-ortho nitro benzene ring substituents is 2. The lowest BCUT2D eigenvalue weighted by atomic mass is 10.1. The highest BCUT2D eigenvalue weighted by molar-refractivity contribution is 7.99.